The van der Waals surface area contributed by atoms with Crippen LogP contribution in [0.1, 0.15) is 40.0 Å². The van der Waals surface area contributed by atoms with E-state index in [-0.39, 0.29) is 31.0 Å². The van der Waals surface area contributed by atoms with E-state index < -0.39 is 29.4 Å². The number of pyridine rings is 1. The highest BCUT2D eigenvalue weighted by Crippen LogP contribution is 2.05. The summed E-state index contributed by atoms with van der Waals surface area (Å²) in [6.45, 7) is 5.60. The summed E-state index contributed by atoms with van der Waals surface area (Å²) in [6.07, 6.45) is 5.07. The van der Waals surface area contributed by atoms with E-state index in [1.54, 1.807) is 0 Å². The first-order valence-electron chi connectivity index (χ1n) is 10.1. The highest BCUT2D eigenvalue weighted by molar-refractivity contribution is 5.96. The fourth-order valence-corrected chi connectivity index (χ4v) is 2.58. The van der Waals surface area contributed by atoms with Gasteiger partial charge in [0.15, 0.2) is 0 Å². The largest absolute Gasteiger partial charge is 0.478 e. The van der Waals surface area contributed by atoms with Crippen LogP contribution in [0.2, 0.25) is 0 Å². The summed E-state index contributed by atoms with van der Waals surface area (Å²) in [5.41, 5.74) is -0.583. The van der Waals surface area contributed by atoms with Gasteiger partial charge in [-0.15, -0.1) is 0 Å². The summed E-state index contributed by atoms with van der Waals surface area (Å²) < 4.78 is 1.19. The number of aromatic nitrogens is 1. The van der Waals surface area contributed by atoms with Crippen LogP contribution in [0, 0.1) is 5.92 Å². The summed E-state index contributed by atoms with van der Waals surface area (Å²) in [5.74, 6) is -2.16. The molecule has 0 bridgehead atoms. The molecule has 0 radical (unpaired) electrons. The zero-order chi connectivity index (χ0) is 23.4. The summed E-state index contributed by atoms with van der Waals surface area (Å²) in [6, 6.07) is 1.98. The molecule has 0 saturated carbocycles. The number of carboxylic acids is 1. The van der Waals surface area contributed by atoms with E-state index in [2.05, 4.69) is 16.0 Å². The average molecular weight is 434 g/mol. The maximum absolute atomic E-state index is 12.6. The van der Waals surface area contributed by atoms with E-state index >= 15 is 0 Å². The molecule has 31 heavy (non-hydrogen) atoms. The Balaban J connectivity index is 2.84. The van der Waals surface area contributed by atoms with E-state index in [9.17, 15) is 24.0 Å². The van der Waals surface area contributed by atoms with Crippen LogP contribution in [0.4, 0.5) is 5.69 Å². The Morgan fingerprint density at radius 2 is 1.97 bits per heavy atom. The molecular weight excluding hydrogens is 404 g/mol. The number of hydrogen-bond donors (Lipinski definition) is 4. The minimum absolute atomic E-state index is 0.0290. The van der Waals surface area contributed by atoms with Crippen LogP contribution < -0.4 is 21.5 Å². The van der Waals surface area contributed by atoms with Gasteiger partial charge in [-0.1, -0.05) is 26.3 Å². The average Bonchev–Trinajstić information content (AvgIpc) is 2.70. The normalized spacial score (nSPS) is 12.7. The minimum atomic E-state index is -1.11. The lowest BCUT2D eigenvalue weighted by atomic mass is 10.1. The van der Waals surface area contributed by atoms with Gasteiger partial charge in [-0.3, -0.25) is 19.2 Å². The van der Waals surface area contributed by atoms with Crippen LogP contribution in [0.25, 0.3) is 0 Å². The number of carbonyl (C=O) groups excluding carboxylic acids is 3. The standard InChI is InChI=1S/C21H30N4O6/c1-4-14(2)12-22-18(27)13-25-11-7-9-17(21(25)31)24-20(30)16(23-15(3)26)8-5-6-10-19(28)29/h6-7,9-11,14,16H,4-5,8,12-13H2,1-3H3,(H,22,27)(H,23,26)(H,24,30)(H,28,29). The number of allylic oxidation sites excluding steroid dienone is 1. The number of hydrogen-bond acceptors (Lipinski definition) is 5. The van der Waals surface area contributed by atoms with Crippen LogP contribution in [-0.2, 0) is 25.7 Å². The lowest BCUT2D eigenvalue weighted by Crippen LogP contribution is -2.44. The third-order valence-electron chi connectivity index (χ3n) is 4.51. The molecule has 1 aromatic rings. The highest BCUT2D eigenvalue weighted by Gasteiger charge is 2.20. The first-order valence-corrected chi connectivity index (χ1v) is 10.1. The SMILES string of the molecule is CCC(C)CNC(=O)Cn1cccc(NC(=O)C(CCC=CC(=O)O)NC(C)=O)c1=O. The summed E-state index contributed by atoms with van der Waals surface area (Å²) in [5, 5.41) is 16.3. The van der Waals surface area contributed by atoms with Crippen molar-refractivity contribution >= 4 is 29.4 Å². The van der Waals surface area contributed by atoms with Gasteiger partial charge in [-0.25, -0.2) is 4.79 Å². The molecule has 0 aliphatic heterocycles. The number of nitrogens with zero attached hydrogens (tertiary/aromatic N) is 1. The Kier molecular flexibility index (Phi) is 10.7. The van der Waals surface area contributed by atoms with E-state index in [1.807, 2.05) is 13.8 Å². The summed E-state index contributed by atoms with van der Waals surface area (Å²) in [7, 11) is 0. The second kappa shape index (κ2) is 13.0. The van der Waals surface area contributed by atoms with Gasteiger partial charge >= 0.3 is 5.97 Å². The number of rotatable bonds is 12. The molecule has 0 saturated heterocycles. The van der Waals surface area contributed by atoms with Crippen molar-refractivity contribution in [2.45, 2.75) is 52.6 Å². The molecule has 10 nitrogen and oxygen atoms in total. The highest BCUT2D eigenvalue weighted by atomic mass is 16.4. The lowest BCUT2D eigenvalue weighted by molar-refractivity contribution is -0.131. The van der Waals surface area contributed by atoms with Crippen LogP contribution in [0.5, 0.6) is 0 Å². The second-order valence-electron chi connectivity index (χ2n) is 7.23. The van der Waals surface area contributed by atoms with Crippen molar-refractivity contribution in [2.75, 3.05) is 11.9 Å². The topological polar surface area (TPSA) is 147 Å². The zero-order valence-electron chi connectivity index (χ0n) is 18.0. The van der Waals surface area contributed by atoms with Gasteiger partial charge in [-0.05, 0) is 30.9 Å². The summed E-state index contributed by atoms with van der Waals surface area (Å²) in [4.78, 5) is 59.2. The first kappa shape index (κ1) is 25.6. The molecule has 10 heteroatoms. The first-order chi connectivity index (χ1) is 14.6. The Hall–Kier alpha value is -3.43. The van der Waals surface area contributed by atoms with Crippen molar-refractivity contribution in [1.29, 1.82) is 0 Å². The van der Waals surface area contributed by atoms with E-state index in [0.717, 1.165) is 12.5 Å². The molecule has 0 fully saturated rings. The van der Waals surface area contributed by atoms with Crippen molar-refractivity contribution in [2.24, 2.45) is 5.92 Å². The molecular formula is C21H30N4O6. The second-order valence-corrected chi connectivity index (χ2v) is 7.23. The third-order valence-corrected chi connectivity index (χ3v) is 4.51. The van der Waals surface area contributed by atoms with Crippen molar-refractivity contribution in [1.82, 2.24) is 15.2 Å². The van der Waals surface area contributed by atoms with Gasteiger partial charge in [0.05, 0.1) is 0 Å². The molecule has 0 aliphatic rings. The number of anilines is 1. The lowest BCUT2D eigenvalue weighted by Gasteiger charge is -2.17. The molecule has 170 valence electrons. The summed E-state index contributed by atoms with van der Waals surface area (Å²) >= 11 is 0. The van der Waals surface area contributed by atoms with Gasteiger partial charge in [0.2, 0.25) is 17.7 Å². The molecule has 4 N–H and O–H groups in total. The number of amides is 3. The smallest absolute Gasteiger partial charge is 0.327 e. The van der Waals surface area contributed by atoms with E-state index in [4.69, 9.17) is 5.11 Å². The van der Waals surface area contributed by atoms with E-state index in [0.29, 0.717) is 12.5 Å². The van der Waals surface area contributed by atoms with Gasteiger partial charge in [0, 0.05) is 25.7 Å². The van der Waals surface area contributed by atoms with Crippen molar-refractivity contribution in [3.05, 3.63) is 40.8 Å². The maximum atomic E-state index is 12.6. The fraction of sp³-hybridized carbons (Fsp3) is 0.476. The van der Waals surface area contributed by atoms with Gasteiger partial charge in [0.25, 0.3) is 5.56 Å². The van der Waals surface area contributed by atoms with Crippen molar-refractivity contribution < 1.29 is 24.3 Å². The number of carbonyl (C=O) groups is 4. The Morgan fingerprint density at radius 1 is 1.26 bits per heavy atom. The Morgan fingerprint density at radius 3 is 2.58 bits per heavy atom. The minimum Gasteiger partial charge on any atom is -0.478 e. The van der Waals surface area contributed by atoms with Crippen LogP contribution in [0.3, 0.4) is 0 Å². The number of aliphatic carboxylic acids is 1. The molecule has 3 amide bonds. The molecule has 1 aromatic heterocycles. The van der Waals surface area contributed by atoms with Gasteiger partial charge < -0.3 is 25.6 Å². The maximum Gasteiger partial charge on any atom is 0.327 e. The Labute approximate surface area is 180 Å². The molecule has 2 unspecified atom stereocenters. The molecule has 0 aliphatic carbocycles. The Bertz CT molecular complexity index is 877. The molecule has 0 aromatic carbocycles. The molecule has 1 heterocycles. The van der Waals surface area contributed by atoms with Gasteiger partial charge in [-0.2, -0.15) is 0 Å². The van der Waals surface area contributed by atoms with Crippen molar-refractivity contribution in [3.63, 3.8) is 0 Å². The van der Waals surface area contributed by atoms with Crippen LogP contribution in [-0.4, -0.2) is 46.0 Å². The fourth-order valence-electron chi connectivity index (χ4n) is 2.58. The molecule has 2 atom stereocenters. The number of carboxylic acid groups (broad SMARTS) is 1. The molecule has 0 spiro atoms. The van der Waals surface area contributed by atoms with Crippen LogP contribution in [0.15, 0.2) is 35.3 Å². The number of nitrogens with one attached hydrogen (secondary N) is 3. The zero-order valence-corrected chi connectivity index (χ0v) is 18.0. The predicted molar refractivity (Wildman–Crippen MR) is 115 cm³/mol. The van der Waals surface area contributed by atoms with Gasteiger partial charge in [0.1, 0.15) is 18.3 Å². The predicted octanol–water partition coefficient (Wildman–Crippen LogP) is 0.875. The third kappa shape index (κ3) is 9.75. The van der Waals surface area contributed by atoms with E-state index in [1.165, 1.54) is 35.9 Å². The van der Waals surface area contributed by atoms with Crippen molar-refractivity contribution in [3.8, 4) is 0 Å². The monoisotopic (exact) mass is 434 g/mol. The quantitative estimate of drug-likeness (QED) is 0.359. The molecule has 1 rings (SSSR count). The van der Waals surface area contributed by atoms with Crippen LogP contribution >= 0.6 is 0 Å².